The van der Waals surface area contributed by atoms with Crippen molar-refractivity contribution in [2.45, 2.75) is 57.0 Å². The van der Waals surface area contributed by atoms with Crippen molar-refractivity contribution in [3.63, 3.8) is 0 Å². The Labute approximate surface area is 81.9 Å². The zero-order chi connectivity index (χ0) is 9.53. The average Bonchev–Trinajstić information content (AvgIpc) is 2.74. The molecule has 2 rings (SSSR count). The van der Waals surface area contributed by atoms with Crippen molar-refractivity contribution < 1.29 is 4.74 Å². The van der Waals surface area contributed by atoms with Gasteiger partial charge in [-0.05, 0) is 19.3 Å². The van der Waals surface area contributed by atoms with Gasteiger partial charge in [-0.2, -0.15) is 0 Å². The molecule has 2 aliphatic rings. The standard InChI is InChI=1S/C11H18OSi/c1-13(2,3)9-8-11-7-5-4-6-10(11)12-11/h10H,4-7H2,1-3H3/t10-,11+/m0/s1. The summed E-state index contributed by atoms with van der Waals surface area (Å²) in [6.45, 7) is 6.87. The maximum absolute atomic E-state index is 5.71. The Morgan fingerprint density at radius 2 is 2.08 bits per heavy atom. The molecule has 0 unspecified atom stereocenters. The Hall–Kier alpha value is -0.263. The fraction of sp³-hybridized carbons (Fsp3) is 0.818. The molecule has 0 radical (unpaired) electrons. The molecular weight excluding hydrogens is 176 g/mol. The van der Waals surface area contributed by atoms with Crippen molar-refractivity contribution in [3.8, 4) is 11.5 Å². The first-order valence-corrected chi connectivity index (χ1v) is 8.74. The van der Waals surface area contributed by atoms with Crippen LogP contribution in [0, 0.1) is 11.5 Å². The summed E-state index contributed by atoms with van der Waals surface area (Å²) in [5.41, 5.74) is 3.46. The van der Waals surface area contributed by atoms with Crippen LogP contribution in [0.2, 0.25) is 19.6 Å². The second kappa shape index (κ2) is 2.86. The van der Waals surface area contributed by atoms with Crippen LogP contribution >= 0.6 is 0 Å². The zero-order valence-electron chi connectivity index (χ0n) is 8.81. The van der Waals surface area contributed by atoms with Crippen LogP contribution in [0.4, 0.5) is 0 Å². The van der Waals surface area contributed by atoms with E-state index >= 15 is 0 Å². The van der Waals surface area contributed by atoms with E-state index in [2.05, 4.69) is 31.1 Å². The molecule has 2 atom stereocenters. The molecule has 0 spiro atoms. The zero-order valence-corrected chi connectivity index (χ0v) is 9.81. The lowest BCUT2D eigenvalue weighted by atomic mass is 9.90. The normalized spacial score (nSPS) is 37.3. The van der Waals surface area contributed by atoms with E-state index in [0.717, 1.165) is 0 Å². The number of rotatable bonds is 0. The lowest BCUT2D eigenvalue weighted by Gasteiger charge is -2.12. The van der Waals surface area contributed by atoms with E-state index in [-0.39, 0.29) is 5.60 Å². The summed E-state index contributed by atoms with van der Waals surface area (Å²) in [6, 6.07) is 0. The highest BCUT2D eigenvalue weighted by Gasteiger charge is 2.56. The number of epoxide rings is 1. The molecule has 72 valence electrons. The monoisotopic (exact) mass is 194 g/mol. The highest BCUT2D eigenvalue weighted by atomic mass is 28.3. The minimum Gasteiger partial charge on any atom is -0.352 e. The summed E-state index contributed by atoms with van der Waals surface area (Å²) in [7, 11) is -1.20. The molecule has 0 bridgehead atoms. The predicted molar refractivity (Wildman–Crippen MR) is 57.2 cm³/mol. The van der Waals surface area contributed by atoms with Gasteiger partial charge in [0.25, 0.3) is 0 Å². The summed E-state index contributed by atoms with van der Waals surface area (Å²) < 4.78 is 5.71. The summed E-state index contributed by atoms with van der Waals surface area (Å²) in [5, 5.41) is 0. The lowest BCUT2D eigenvalue weighted by molar-refractivity contribution is 0.336. The summed E-state index contributed by atoms with van der Waals surface area (Å²) in [6.07, 6.45) is 5.54. The number of ether oxygens (including phenoxy) is 1. The van der Waals surface area contributed by atoms with Crippen LogP contribution in [0.1, 0.15) is 25.7 Å². The van der Waals surface area contributed by atoms with E-state index in [9.17, 15) is 0 Å². The highest BCUT2D eigenvalue weighted by Crippen LogP contribution is 2.47. The molecule has 1 nitrogen and oxygen atoms in total. The maximum atomic E-state index is 5.71. The van der Waals surface area contributed by atoms with Gasteiger partial charge in [-0.3, -0.25) is 0 Å². The first-order chi connectivity index (χ1) is 6.02. The summed E-state index contributed by atoms with van der Waals surface area (Å²) in [5.74, 6) is 3.40. The maximum Gasteiger partial charge on any atom is 0.154 e. The largest absolute Gasteiger partial charge is 0.352 e. The van der Waals surface area contributed by atoms with Crippen LogP contribution in [-0.2, 0) is 4.74 Å². The van der Waals surface area contributed by atoms with E-state index in [1.807, 2.05) is 0 Å². The second-order valence-corrected chi connectivity index (χ2v) is 9.99. The van der Waals surface area contributed by atoms with Gasteiger partial charge in [0.2, 0.25) is 0 Å². The van der Waals surface area contributed by atoms with Crippen LogP contribution in [-0.4, -0.2) is 19.8 Å². The van der Waals surface area contributed by atoms with Gasteiger partial charge in [-0.1, -0.05) is 32.0 Å². The molecule has 2 heteroatoms. The van der Waals surface area contributed by atoms with Crippen LogP contribution < -0.4 is 0 Å². The SMILES string of the molecule is C[Si](C)(C)C#C[C@]12CCCC[C@@H]1O2. The molecule has 0 aromatic heterocycles. The van der Waals surface area contributed by atoms with Gasteiger partial charge < -0.3 is 4.74 Å². The minimum atomic E-state index is -1.20. The number of hydrogen-bond donors (Lipinski definition) is 0. The smallest absolute Gasteiger partial charge is 0.154 e. The van der Waals surface area contributed by atoms with E-state index in [1.165, 1.54) is 25.7 Å². The van der Waals surface area contributed by atoms with Gasteiger partial charge in [0.15, 0.2) is 5.60 Å². The first-order valence-electron chi connectivity index (χ1n) is 5.24. The Morgan fingerprint density at radius 3 is 2.69 bits per heavy atom. The van der Waals surface area contributed by atoms with E-state index in [1.54, 1.807) is 0 Å². The molecule has 0 aromatic rings. The van der Waals surface area contributed by atoms with E-state index < -0.39 is 8.07 Å². The molecule has 0 amide bonds. The second-order valence-electron chi connectivity index (χ2n) is 5.24. The van der Waals surface area contributed by atoms with E-state index in [0.29, 0.717) is 6.10 Å². The van der Waals surface area contributed by atoms with Gasteiger partial charge >= 0.3 is 0 Å². The van der Waals surface area contributed by atoms with Crippen molar-refractivity contribution in [1.82, 2.24) is 0 Å². The quantitative estimate of drug-likeness (QED) is 0.328. The molecular formula is C11H18OSi. The van der Waals surface area contributed by atoms with Crippen molar-refractivity contribution in [2.24, 2.45) is 0 Å². The van der Waals surface area contributed by atoms with Crippen LogP contribution in [0.15, 0.2) is 0 Å². The third-order valence-electron chi connectivity index (χ3n) is 2.73. The van der Waals surface area contributed by atoms with Crippen LogP contribution in [0.3, 0.4) is 0 Å². The van der Waals surface area contributed by atoms with Gasteiger partial charge in [0.05, 0.1) is 6.10 Å². The highest BCUT2D eigenvalue weighted by molar-refractivity contribution is 6.83. The van der Waals surface area contributed by atoms with Gasteiger partial charge in [0, 0.05) is 0 Å². The molecule has 0 N–H and O–H groups in total. The third-order valence-corrected chi connectivity index (χ3v) is 3.60. The Bertz CT molecular complexity index is 268. The molecule has 0 aromatic carbocycles. The van der Waals surface area contributed by atoms with E-state index in [4.69, 9.17) is 4.74 Å². The van der Waals surface area contributed by atoms with Crippen molar-refractivity contribution in [2.75, 3.05) is 0 Å². The number of hydrogen-bond acceptors (Lipinski definition) is 1. The molecule has 1 saturated heterocycles. The molecule has 2 fully saturated rings. The number of fused-ring (bicyclic) bond motifs is 1. The summed E-state index contributed by atoms with van der Waals surface area (Å²) >= 11 is 0. The molecule has 1 aliphatic heterocycles. The fourth-order valence-electron chi connectivity index (χ4n) is 1.91. The lowest BCUT2D eigenvalue weighted by Crippen LogP contribution is -2.21. The Morgan fingerprint density at radius 1 is 1.31 bits per heavy atom. The molecule has 1 heterocycles. The van der Waals surface area contributed by atoms with Crippen LogP contribution in [0.5, 0.6) is 0 Å². The van der Waals surface area contributed by atoms with Gasteiger partial charge in [-0.25, -0.2) is 0 Å². The molecule has 1 aliphatic carbocycles. The van der Waals surface area contributed by atoms with Crippen molar-refractivity contribution in [3.05, 3.63) is 0 Å². The molecule has 13 heavy (non-hydrogen) atoms. The predicted octanol–water partition coefficient (Wildman–Crippen LogP) is 2.58. The average molecular weight is 194 g/mol. The van der Waals surface area contributed by atoms with Gasteiger partial charge in [0.1, 0.15) is 8.07 Å². The van der Waals surface area contributed by atoms with Crippen molar-refractivity contribution >= 4 is 8.07 Å². The van der Waals surface area contributed by atoms with Crippen molar-refractivity contribution in [1.29, 1.82) is 0 Å². The first kappa shape index (κ1) is 9.30. The summed E-state index contributed by atoms with van der Waals surface area (Å²) in [4.78, 5) is 0. The topological polar surface area (TPSA) is 12.5 Å². The Kier molecular flexibility index (Phi) is 2.05. The fourth-order valence-corrected chi connectivity index (χ4v) is 2.50. The van der Waals surface area contributed by atoms with Gasteiger partial charge in [-0.15, -0.1) is 5.54 Å². The Balaban J connectivity index is 2.05. The third kappa shape index (κ3) is 1.97. The van der Waals surface area contributed by atoms with Crippen LogP contribution in [0.25, 0.3) is 0 Å². The molecule has 1 saturated carbocycles. The minimum absolute atomic E-state index is 0.0263.